The van der Waals surface area contributed by atoms with E-state index in [1.54, 1.807) is 6.26 Å². The summed E-state index contributed by atoms with van der Waals surface area (Å²) in [4.78, 5) is 2.14. The van der Waals surface area contributed by atoms with E-state index in [4.69, 9.17) is 14.9 Å². The van der Waals surface area contributed by atoms with E-state index < -0.39 is 0 Å². The number of nitrogen functional groups attached to an aromatic ring is 1. The maximum Gasteiger partial charge on any atom is 0.144 e. The van der Waals surface area contributed by atoms with Crippen molar-refractivity contribution in [2.24, 2.45) is 0 Å². The SMILES string of the molecule is Cc1occc1CN(C)c1ccc(N)c(OC(C)C)c1. The molecular weight excluding hydrogens is 252 g/mol. The van der Waals surface area contributed by atoms with Crippen molar-refractivity contribution >= 4 is 11.4 Å². The highest BCUT2D eigenvalue weighted by Gasteiger charge is 2.10. The summed E-state index contributed by atoms with van der Waals surface area (Å²) in [5.74, 6) is 1.68. The second-order valence-corrected chi connectivity index (χ2v) is 5.25. The summed E-state index contributed by atoms with van der Waals surface area (Å²) < 4.78 is 11.0. The maximum atomic E-state index is 5.94. The third-order valence-electron chi connectivity index (χ3n) is 3.17. The van der Waals surface area contributed by atoms with Gasteiger partial charge in [0.1, 0.15) is 11.5 Å². The van der Waals surface area contributed by atoms with Gasteiger partial charge in [-0.25, -0.2) is 0 Å². The first-order valence-corrected chi connectivity index (χ1v) is 6.77. The molecule has 0 aliphatic carbocycles. The van der Waals surface area contributed by atoms with Crippen LogP contribution in [0.15, 0.2) is 34.9 Å². The van der Waals surface area contributed by atoms with E-state index in [2.05, 4.69) is 4.90 Å². The summed E-state index contributed by atoms with van der Waals surface area (Å²) in [6.07, 6.45) is 1.82. The van der Waals surface area contributed by atoms with E-state index in [-0.39, 0.29) is 6.10 Å². The summed E-state index contributed by atoms with van der Waals surface area (Å²) in [5, 5.41) is 0. The van der Waals surface area contributed by atoms with Gasteiger partial charge in [-0.05, 0) is 39.0 Å². The standard InChI is InChI=1S/C16H22N2O2/c1-11(2)20-16-9-14(5-6-15(16)17)18(4)10-13-7-8-19-12(13)3/h5-9,11H,10,17H2,1-4H3. The van der Waals surface area contributed by atoms with Crippen LogP contribution in [-0.2, 0) is 6.54 Å². The lowest BCUT2D eigenvalue weighted by atomic mass is 10.2. The van der Waals surface area contributed by atoms with Crippen molar-refractivity contribution in [1.29, 1.82) is 0 Å². The molecule has 0 unspecified atom stereocenters. The number of rotatable bonds is 5. The maximum absolute atomic E-state index is 5.94. The summed E-state index contributed by atoms with van der Waals surface area (Å²) in [5.41, 5.74) is 8.84. The zero-order valence-corrected chi connectivity index (χ0v) is 12.5. The van der Waals surface area contributed by atoms with Crippen molar-refractivity contribution < 1.29 is 9.15 Å². The molecule has 2 N–H and O–H groups in total. The van der Waals surface area contributed by atoms with E-state index in [0.29, 0.717) is 5.69 Å². The highest BCUT2D eigenvalue weighted by Crippen LogP contribution is 2.29. The number of ether oxygens (including phenoxy) is 1. The van der Waals surface area contributed by atoms with Gasteiger partial charge >= 0.3 is 0 Å². The molecule has 0 fully saturated rings. The predicted octanol–water partition coefficient (Wildman–Crippen LogP) is 3.59. The highest BCUT2D eigenvalue weighted by molar-refractivity contribution is 5.62. The second kappa shape index (κ2) is 5.90. The molecule has 2 aromatic rings. The normalized spacial score (nSPS) is 10.8. The molecule has 0 aliphatic heterocycles. The average Bonchev–Trinajstić information content (AvgIpc) is 2.77. The first-order valence-electron chi connectivity index (χ1n) is 6.77. The Balaban J connectivity index is 2.17. The number of furan rings is 1. The van der Waals surface area contributed by atoms with Crippen LogP contribution >= 0.6 is 0 Å². The van der Waals surface area contributed by atoms with Gasteiger partial charge in [-0.2, -0.15) is 0 Å². The topological polar surface area (TPSA) is 51.6 Å². The van der Waals surface area contributed by atoms with Crippen LogP contribution in [0.1, 0.15) is 25.2 Å². The van der Waals surface area contributed by atoms with Crippen molar-refractivity contribution in [3.63, 3.8) is 0 Å². The zero-order chi connectivity index (χ0) is 14.7. The largest absolute Gasteiger partial charge is 0.489 e. The minimum atomic E-state index is 0.106. The lowest BCUT2D eigenvalue weighted by Gasteiger charge is -2.21. The van der Waals surface area contributed by atoms with E-state index in [9.17, 15) is 0 Å². The molecule has 0 radical (unpaired) electrons. The van der Waals surface area contributed by atoms with Crippen LogP contribution in [-0.4, -0.2) is 13.2 Å². The average molecular weight is 274 g/mol. The highest BCUT2D eigenvalue weighted by atomic mass is 16.5. The Morgan fingerprint density at radius 3 is 2.65 bits per heavy atom. The molecule has 1 aromatic carbocycles. The number of hydrogen-bond donors (Lipinski definition) is 1. The molecule has 2 rings (SSSR count). The fraction of sp³-hybridized carbons (Fsp3) is 0.375. The Bertz CT molecular complexity index is 576. The van der Waals surface area contributed by atoms with Gasteiger partial charge in [0.2, 0.25) is 0 Å². The first kappa shape index (κ1) is 14.3. The van der Waals surface area contributed by atoms with Gasteiger partial charge < -0.3 is 19.8 Å². The van der Waals surface area contributed by atoms with Crippen LogP contribution in [0, 0.1) is 6.92 Å². The summed E-state index contributed by atoms with van der Waals surface area (Å²) in [6, 6.07) is 7.85. The molecule has 0 atom stereocenters. The summed E-state index contributed by atoms with van der Waals surface area (Å²) in [6.45, 7) is 6.74. The molecule has 1 aromatic heterocycles. The van der Waals surface area contributed by atoms with E-state index in [1.807, 2.05) is 52.1 Å². The minimum Gasteiger partial charge on any atom is -0.489 e. The van der Waals surface area contributed by atoms with Gasteiger partial charge in [-0.3, -0.25) is 0 Å². The number of hydrogen-bond acceptors (Lipinski definition) is 4. The molecule has 0 bridgehead atoms. The molecule has 1 heterocycles. The molecular formula is C16H22N2O2. The Morgan fingerprint density at radius 2 is 2.05 bits per heavy atom. The van der Waals surface area contributed by atoms with Crippen LogP contribution in [0.5, 0.6) is 5.75 Å². The van der Waals surface area contributed by atoms with Gasteiger partial charge in [-0.15, -0.1) is 0 Å². The van der Waals surface area contributed by atoms with E-state index in [0.717, 1.165) is 23.7 Å². The number of aryl methyl sites for hydroxylation is 1. The number of nitrogens with two attached hydrogens (primary N) is 1. The van der Waals surface area contributed by atoms with Crippen LogP contribution in [0.2, 0.25) is 0 Å². The monoisotopic (exact) mass is 274 g/mol. The molecule has 4 nitrogen and oxygen atoms in total. The van der Waals surface area contributed by atoms with E-state index >= 15 is 0 Å². The predicted molar refractivity (Wildman–Crippen MR) is 82.2 cm³/mol. The molecule has 0 amide bonds. The van der Waals surface area contributed by atoms with Crippen molar-refractivity contribution in [3.8, 4) is 5.75 Å². The Kier molecular flexibility index (Phi) is 4.23. The number of nitrogens with zero attached hydrogens (tertiary/aromatic N) is 1. The summed E-state index contributed by atoms with van der Waals surface area (Å²) >= 11 is 0. The summed E-state index contributed by atoms with van der Waals surface area (Å²) in [7, 11) is 2.04. The van der Waals surface area contributed by atoms with Crippen molar-refractivity contribution in [2.75, 3.05) is 17.7 Å². The van der Waals surface area contributed by atoms with Gasteiger partial charge in [0, 0.05) is 30.9 Å². The Morgan fingerprint density at radius 1 is 1.30 bits per heavy atom. The molecule has 20 heavy (non-hydrogen) atoms. The van der Waals surface area contributed by atoms with Crippen LogP contribution < -0.4 is 15.4 Å². The molecule has 0 saturated heterocycles. The van der Waals surface area contributed by atoms with E-state index in [1.165, 1.54) is 5.56 Å². The first-order chi connectivity index (χ1) is 9.47. The minimum absolute atomic E-state index is 0.106. The molecule has 108 valence electrons. The van der Waals surface area contributed by atoms with Crippen molar-refractivity contribution in [2.45, 2.75) is 33.4 Å². The number of anilines is 2. The zero-order valence-electron chi connectivity index (χ0n) is 12.5. The van der Waals surface area contributed by atoms with Crippen LogP contribution in [0.25, 0.3) is 0 Å². The molecule has 4 heteroatoms. The third-order valence-corrected chi connectivity index (χ3v) is 3.17. The second-order valence-electron chi connectivity index (χ2n) is 5.25. The van der Waals surface area contributed by atoms with Gasteiger partial charge in [-0.1, -0.05) is 0 Å². The van der Waals surface area contributed by atoms with Crippen LogP contribution in [0.4, 0.5) is 11.4 Å². The Labute approximate surface area is 120 Å². The molecule has 0 aliphatic rings. The Hall–Kier alpha value is -2.10. The van der Waals surface area contributed by atoms with Crippen molar-refractivity contribution in [1.82, 2.24) is 0 Å². The fourth-order valence-corrected chi connectivity index (χ4v) is 2.04. The van der Waals surface area contributed by atoms with Crippen LogP contribution in [0.3, 0.4) is 0 Å². The third kappa shape index (κ3) is 3.26. The van der Waals surface area contributed by atoms with Crippen molar-refractivity contribution in [3.05, 3.63) is 41.9 Å². The van der Waals surface area contributed by atoms with Gasteiger partial charge in [0.15, 0.2) is 0 Å². The smallest absolute Gasteiger partial charge is 0.144 e. The van der Waals surface area contributed by atoms with Gasteiger partial charge in [0.25, 0.3) is 0 Å². The lowest BCUT2D eigenvalue weighted by molar-refractivity contribution is 0.244. The van der Waals surface area contributed by atoms with Gasteiger partial charge in [0.05, 0.1) is 18.1 Å². The molecule has 0 spiro atoms. The number of benzene rings is 1. The quantitative estimate of drug-likeness (QED) is 0.846. The molecule has 0 saturated carbocycles. The fourth-order valence-electron chi connectivity index (χ4n) is 2.04. The lowest BCUT2D eigenvalue weighted by Crippen LogP contribution is -2.17.